The van der Waals surface area contributed by atoms with Gasteiger partial charge in [0.2, 0.25) is 0 Å². The maximum atomic E-state index is 12.7. The average molecular weight is 221 g/mol. The number of pyridine rings is 1. The highest BCUT2D eigenvalue weighted by molar-refractivity contribution is 5.09. The molecule has 0 aromatic carbocycles. The first kappa shape index (κ1) is 13.7. The Balaban J connectivity index is 0.000000921. The molecule has 0 aliphatic carbocycles. The summed E-state index contributed by atoms with van der Waals surface area (Å²) in [5, 5.41) is 0. The minimum atomic E-state index is -2.65. The maximum Gasteiger partial charge on any atom is 0.286 e. The van der Waals surface area contributed by atoms with Crippen LogP contribution < -0.4 is 5.56 Å². The summed E-state index contributed by atoms with van der Waals surface area (Å²) >= 11 is 0. The molecule has 1 aromatic heterocycles. The van der Waals surface area contributed by atoms with Crippen molar-refractivity contribution in [2.24, 2.45) is 0 Å². The Kier molecular flexibility index (Phi) is 5.74. The van der Waals surface area contributed by atoms with Gasteiger partial charge in [-0.1, -0.05) is 13.8 Å². The highest BCUT2D eigenvalue weighted by Gasteiger charge is 2.08. The molecule has 0 spiro atoms. The molecule has 0 fully saturated rings. The van der Waals surface area contributed by atoms with Crippen molar-refractivity contribution in [3.63, 3.8) is 0 Å². The van der Waals surface area contributed by atoms with Crippen molar-refractivity contribution in [1.82, 2.24) is 4.57 Å². The predicted octanol–water partition coefficient (Wildman–Crippen LogP) is 2.59. The molecule has 2 nitrogen and oxygen atoms in total. The van der Waals surface area contributed by atoms with E-state index < -0.39 is 24.3 Å². The Hall–Kier alpha value is -1.26. The first-order valence-corrected chi connectivity index (χ1v) is 4.65. The number of alkyl halides is 2. The summed E-state index contributed by atoms with van der Waals surface area (Å²) in [7, 11) is 0. The van der Waals surface area contributed by atoms with E-state index in [2.05, 4.69) is 0 Å². The van der Waals surface area contributed by atoms with Gasteiger partial charge in [0.15, 0.2) is 5.82 Å². The quantitative estimate of drug-likeness (QED) is 0.752. The lowest BCUT2D eigenvalue weighted by Crippen LogP contribution is -2.25. The highest BCUT2D eigenvalue weighted by atomic mass is 19.3. The third-order valence-corrected chi connectivity index (χ3v) is 1.51. The predicted molar refractivity (Wildman–Crippen MR) is 52.7 cm³/mol. The zero-order valence-corrected chi connectivity index (χ0v) is 8.93. The lowest BCUT2D eigenvalue weighted by atomic mass is 10.3. The largest absolute Gasteiger partial charge is 0.307 e. The maximum absolute atomic E-state index is 12.7. The summed E-state index contributed by atoms with van der Waals surface area (Å²) in [4.78, 5) is 10.9. The molecule has 0 saturated heterocycles. The van der Waals surface area contributed by atoms with Crippen LogP contribution in [0.25, 0.3) is 0 Å². The van der Waals surface area contributed by atoms with Crippen LogP contribution in [0.1, 0.15) is 19.4 Å². The van der Waals surface area contributed by atoms with Crippen molar-refractivity contribution in [2.45, 2.75) is 33.7 Å². The van der Waals surface area contributed by atoms with E-state index in [4.69, 9.17) is 0 Å². The SMILES string of the molecule is CC.Cc1cc(F)c(=O)n(CC(F)F)c1. The van der Waals surface area contributed by atoms with Gasteiger partial charge in [0.25, 0.3) is 12.0 Å². The van der Waals surface area contributed by atoms with E-state index in [1.807, 2.05) is 13.8 Å². The summed E-state index contributed by atoms with van der Waals surface area (Å²) in [6.45, 7) is 4.77. The Morgan fingerprint density at radius 2 is 1.93 bits per heavy atom. The standard InChI is InChI=1S/C8H8F3NO.C2H6/c1-5-2-6(9)8(13)12(3-5)4-7(10)11;1-2/h2-3,7H,4H2,1H3;1-2H3. The topological polar surface area (TPSA) is 22.0 Å². The van der Waals surface area contributed by atoms with Crippen LogP contribution >= 0.6 is 0 Å². The summed E-state index contributed by atoms with van der Waals surface area (Å²) in [6.07, 6.45) is -1.45. The van der Waals surface area contributed by atoms with Gasteiger partial charge in [0, 0.05) is 6.20 Å². The van der Waals surface area contributed by atoms with Gasteiger partial charge in [0.1, 0.15) is 0 Å². The normalized spacial score (nSPS) is 9.80. The van der Waals surface area contributed by atoms with E-state index in [0.29, 0.717) is 10.1 Å². The molecule has 15 heavy (non-hydrogen) atoms. The van der Waals surface area contributed by atoms with Crippen LogP contribution in [0.3, 0.4) is 0 Å². The molecule has 1 rings (SSSR count). The molecule has 0 saturated carbocycles. The lowest BCUT2D eigenvalue weighted by Gasteiger charge is -2.05. The molecule has 0 N–H and O–H groups in total. The highest BCUT2D eigenvalue weighted by Crippen LogP contribution is 2.00. The van der Waals surface area contributed by atoms with Gasteiger partial charge >= 0.3 is 0 Å². The minimum Gasteiger partial charge on any atom is -0.307 e. The van der Waals surface area contributed by atoms with E-state index in [9.17, 15) is 18.0 Å². The van der Waals surface area contributed by atoms with E-state index in [0.717, 1.165) is 6.07 Å². The van der Waals surface area contributed by atoms with Crippen molar-refractivity contribution < 1.29 is 13.2 Å². The number of hydrogen-bond acceptors (Lipinski definition) is 1. The average Bonchev–Trinajstić information content (AvgIpc) is 2.16. The smallest absolute Gasteiger partial charge is 0.286 e. The molecule has 1 heterocycles. The summed E-state index contributed by atoms with van der Waals surface area (Å²) in [6, 6.07) is 1.02. The van der Waals surface area contributed by atoms with Crippen LogP contribution in [0.2, 0.25) is 0 Å². The molecule has 86 valence electrons. The third kappa shape index (κ3) is 4.18. The van der Waals surface area contributed by atoms with Crippen molar-refractivity contribution in [3.05, 3.63) is 34.0 Å². The van der Waals surface area contributed by atoms with Crippen molar-refractivity contribution >= 4 is 0 Å². The second-order valence-electron chi connectivity index (χ2n) is 2.71. The Labute approximate surface area is 86.3 Å². The lowest BCUT2D eigenvalue weighted by molar-refractivity contribution is 0.124. The van der Waals surface area contributed by atoms with Gasteiger partial charge in [-0.3, -0.25) is 4.79 Å². The molecule has 0 radical (unpaired) electrons. The number of nitrogens with zero attached hydrogens (tertiary/aromatic N) is 1. The Morgan fingerprint density at radius 3 is 2.40 bits per heavy atom. The zero-order chi connectivity index (χ0) is 12.0. The molecular weight excluding hydrogens is 207 g/mol. The molecule has 5 heteroatoms. The van der Waals surface area contributed by atoms with Gasteiger partial charge in [-0.25, -0.2) is 13.2 Å². The van der Waals surface area contributed by atoms with Gasteiger partial charge < -0.3 is 4.57 Å². The van der Waals surface area contributed by atoms with Crippen molar-refractivity contribution in [3.8, 4) is 0 Å². The first-order chi connectivity index (χ1) is 7.00. The minimum absolute atomic E-state index is 0.442. The zero-order valence-electron chi connectivity index (χ0n) is 8.93. The number of rotatable bonds is 2. The molecule has 0 bridgehead atoms. The van der Waals surface area contributed by atoms with E-state index in [1.165, 1.54) is 13.1 Å². The van der Waals surface area contributed by atoms with Crippen molar-refractivity contribution in [1.29, 1.82) is 0 Å². The molecule has 0 unspecified atom stereocenters. The van der Waals surface area contributed by atoms with E-state index in [1.54, 1.807) is 0 Å². The summed E-state index contributed by atoms with van der Waals surface area (Å²) in [5.74, 6) is -0.999. The number of aromatic nitrogens is 1. The molecule has 0 aliphatic rings. The third-order valence-electron chi connectivity index (χ3n) is 1.51. The van der Waals surface area contributed by atoms with Crippen LogP contribution in [0.15, 0.2) is 17.1 Å². The first-order valence-electron chi connectivity index (χ1n) is 4.65. The number of halogens is 3. The summed E-state index contributed by atoms with van der Waals surface area (Å²) < 4.78 is 37.2. The molecule has 0 aliphatic heterocycles. The van der Waals surface area contributed by atoms with Crippen LogP contribution in [-0.4, -0.2) is 11.0 Å². The van der Waals surface area contributed by atoms with E-state index >= 15 is 0 Å². The second kappa shape index (κ2) is 6.27. The fourth-order valence-electron chi connectivity index (χ4n) is 1.02. The fraction of sp³-hybridized carbons (Fsp3) is 0.500. The molecule has 0 amide bonds. The van der Waals surface area contributed by atoms with Gasteiger partial charge in [-0.15, -0.1) is 0 Å². The fourth-order valence-corrected chi connectivity index (χ4v) is 1.02. The Morgan fingerprint density at radius 1 is 1.40 bits per heavy atom. The number of hydrogen-bond donors (Lipinski definition) is 0. The van der Waals surface area contributed by atoms with Crippen LogP contribution in [0.4, 0.5) is 13.2 Å². The monoisotopic (exact) mass is 221 g/mol. The molecule has 1 aromatic rings. The van der Waals surface area contributed by atoms with Gasteiger partial charge in [0.05, 0.1) is 6.54 Å². The molecular formula is C10H14F3NO. The van der Waals surface area contributed by atoms with E-state index in [-0.39, 0.29) is 0 Å². The second-order valence-corrected chi connectivity index (χ2v) is 2.71. The van der Waals surface area contributed by atoms with Crippen LogP contribution in [-0.2, 0) is 6.54 Å². The Bertz CT molecular complexity index is 360. The number of aryl methyl sites for hydroxylation is 1. The van der Waals surface area contributed by atoms with Gasteiger partial charge in [-0.05, 0) is 18.6 Å². The van der Waals surface area contributed by atoms with Crippen LogP contribution in [0.5, 0.6) is 0 Å². The molecule has 0 atom stereocenters. The van der Waals surface area contributed by atoms with Crippen molar-refractivity contribution in [2.75, 3.05) is 0 Å². The summed E-state index contributed by atoms with van der Waals surface area (Å²) in [5.41, 5.74) is -0.566. The van der Waals surface area contributed by atoms with Gasteiger partial charge in [-0.2, -0.15) is 0 Å². The van der Waals surface area contributed by atoms with Crippen LogP contribution in [0, 0.1) is 12.7 Å².